The Morgan fingerprint density at radius 2 is 1.72 bits per heavy atom. The normalized spacial score (nSPS) is 15.9. The lowest BCUT2D eigenvalue weighted by atomic mass is 9.94. The van der Waals surface area contributed by atoms with E-state index in [9.17, 15) is 0 Å². The summed E-state index contributed by atoms with van der Waals surface area (Å²) in [5.74, 6) is 1.05. The third-order valence-corrected chi connectivity index (χ3v) is 4.60. The van der Waals surface area contributed by atoms with Crippen LogP contribution in [-0.4, -0.2) is 5.33 Å². The van der Waals surface area contributed by atoms with Gasteiger partial charge in [-0.15, -0.1) is 11.8 Å². The molecule has 3 rings (SSSR count). The molecule has 0 spiro atoms. The highest BCUT2D eigenvalue weighted by molar-refractivity contribution is 9.09. The van der Waals surface area contributed by atoms with Gasteiger partial charge in [0.1, 0.15) is 0 Å². The first-order valence-electron chi connectivity index (χ1n) is 5.97. The lowest BCUT2D eigenvalue weighted by molar-refractivity contribution is 1.38. The minimum Gasteiger partial charge on any atom is -0.121 e. The molecule has 0 aromatic heterocycles. The van der Waals surface area contributed by atoms with E-state index in [1.165, 1.54) is 27.2 Å². The van der Waals surface area contributed by atoms with E-state index in [0.29, 0.717) is 0 Å². The molecule has 0 saturated heterocycles. The van der Waals surface area contributed by atoms with Crippen LogP contribution >= 0.6 is 27.7 Å². The summed E-state index contributed by atoms with van der Waals surface area (Å²) in [7, 11) is 0. The van der Waals surface area contributed by atoms with E-state index in [2.05, 4.69) is 70.5 Å². The first kappa shape index (κ1) is 12.1. The van der Waals surface area contributed by atoms with Crippen LogP contribution in [0.1, 0.15) is 16.7 Å². The molecule has 0 atom stereocenters. The molecular formula is C16H13BrS. The molecule has 0 radical (unpaired) electrons. The van der Waals surface area contributed by atoms with Gasteiger partial charge in [-0.25, -0.2) is 0 Å². The average molecular weight is 317 g/mol. The fourth-order valence-electron chi connectivity index (χ4n) is 2.32. The molecule has 0 amide bonds. The number of halogens is 1. The maximum atomic E-state index is 3.53. The quantitative estimate of drug-likeness (QED) is 0.658. The number of hydrogen-bond acceptors (Lipinski definition) is 1. The van der Waals surface area contributed by atoms with E-state index >= 15 is 0 Å². The number of fused-ring (bicyclic) bond motifs is 2. The number of thioether (sulfide) groups is 1. The highest BCUT2D eigenvalue weighted by atomic mass is 79.9. The number of rotatable bonds is 1. The predicted molar refractivity (Wildman–Crippen MR) is 83.3 cm³/mol. The lowest BCUT2D eigenvalue weighted by Gasteiger charge is -2.10. The van der Waals surface area contributed by atoms with Gasteiger partial charge in [0.15, 0.2) is 0 Å². The zero-order valence-corrected chi connectivity index (χ0v) is 12.3. The molecule has 1 heterocycles. The van der Waals surface area contributed by atoms with E-state index in [4.69, 9.17) is 0 Å². The molecule has 90 valence electrons. The summed E-state index contributed by atoms with van der Waals surface area (Å²) in [5.41, 5.74) is 5.50. The van der Waals surface area contributed by atoms with Crippen LogP contribution in [0.15, 0.2) is 59.5 Å². The first-order chi connectivity index (χ1) is 8.90. The Morgan fingerprint density at radius 3 is 2.56 bits per heavy atom. The first-order valence-corrected chi connectivity index (χ1v) is 8.07. The molecule has 0 nitrogen and oxygen atoms in total. The Morgan fingerprint density at radius 1 is 1.00 bits per heavy atom. The highest BCUT2D eigenvalue weighted by Gasteiger charge is 2.17. The van der Waals surface area contributed by atoms with Gasteiger partial charge in [-0.3, -0.25) is 0 Å². The molecule has 0 saturated carbocycles. The Kier molecular flexibility index (Phi) is 3.57. The fourth-order valence-corrected chi connectivity index (χ4v) is 3.72. The van der Waals surface area contributed by atoms with Crippen LogP contribution in [-0.2, 0) is 5.75 Å². The van der Waals surface area contributed by atoms with E-state index in [1.807, 2.05) is 11.8 Å². The predicted octanol–water partition coefficient (Wildman–Crippen LogP) is 5.12. The second-order valence-corrected chi connectivity index (χ2v) is 5.88. The zero-order valence-electron chi connectivity index (χ0n) is 9.90. The third kappa shape index (κ3) is 2.15. The van der Waals surface area contributed by atoms with Gasteiger partial charge in [0, 0.05) is 16.0 Å². The molecule has 2 aromatic carbocycles. The summed E-state index contributed by atoms with van der Waals surface area (Å²) >= 11 is 5.46. The van der Waals surface area contributed by atoms with Crippen molar-refractivity contribution in [2.24, 2.45) is 0 Å². The Hall–Kier alpha value is -0.990. The zero-order chi connectivity index (χ0) is 12.4. The maximum absolute atomic E-state index is 3.53. The van der Waals surface area contributed by atoms with Crippen molar-refractivity contribution < 1.29 is 0 Å². The number of benzene rings is 2. The van der Waals surface area contributed by atoms with Gasteiger partial charge in [0.05, 0.1) is 0 Å². The molecule has 0 fully saturated rings. The molecule has 1 aliphatic heterocycles. The second-order valence-electron chi connectivity index (χ2n) is 4.21. The Labute approximate surface area is 120 Å². The molecule has 0 unspecified atom stereocenters. The van der Waals surface area contributed by atoms with Gasteiger partial charge in [-0.1, -0.05) is 64.5 Å². The van der Waals surface area contributed by atoms with Crippen LogP contribution in [0, 0.1) is 0 Å². The molecule has 2 heteroatoms. The van der Waals surface area contributed by atoms with Gasteiger partial charge in [0.25, 0.3) is 0 Å². The molecular weight excluding hydrogens is 304 g/mol. The van der Waals surface area contributed by atoms with Gasteiger partial charge in [-0.2, -0.15) is 0 Å². The average Bonchev–Trinajstić information content (AvgIpc) is 2.58. The van der Waals surface area contributed by atoms with Crippen LogP contribution in [0.5, 0.6) is 0 Å². The minimum absolute atomic E-state index is 0.885. The third-order valence-electron chi connectivity index (χ3n) is 3.15. The molecule has 2 aromatic rings. The topological polar surface area (TPSA) is 0 Å². The summed E-state index contributed by atoms with van der Waals surface area (Å²) < 4.78 is 0. The van der Waals surface area contributed by atoms with E-state index in [0.717, 1.165) is 11.1 Å². The standard InChI is InChI=1S/C16H13BrS/c17-10-9-14-13-6-2-1-5-12(13)11-18-16-8-4-3-7-15(14)16/h1-9H,10-11H2/b14-9+. The Balaban J connectivity index is 2.25. The molecule has 0 aliphatic carbocycles. The van der Waals surface area contributed by atoms with Crippen molar-refractivity contribution >= 4 is 33.3 Å². The smallest absolute Gasteiger partial charge is 0.0238 e. The fraction of sp³-hybridized carbons (Fsp3) is 0.125. The van der Waals surface area contributed by atoms with Crippen LogP contribution < -0.4 is 0 Å². The van der Waals surface area contributed by atoms with Gasteiger partial charge in [-0.05, 0) is 28.3 Å². The summed E-state index contributed by atoms with van der Waals surface area (Å²) in [4.78, 5) is 1.38. The van der Waals surface area contributed by atoms with Crippen molar-refractivity contribution in [3.63, 3.8) is 0 Å². The number of allylic oxidation sites excluding steroid dienone is 1. The van der Waals surface area contributed by atoms with Crippen LogP contribution in [0.2, 0.25) is 0 Å². The van der Waals surface area contributed by atoms with Crippen molar-refractivity contribution in [2.45, 2.75) is 10.6 Å². The number of hydrogen-bond donors (Lipinski definition) is 0. The minimum atomic E-state index is 0.885. The molecule has 0 bridgehead atoms. The summed E-state index contributed by atoms with van der Waals surface area (Å²) in [6.07, 6.45) is 2.27. The van der Waals surface area contributed by atoms with Crippen LogP contribution in [0.3, 0.4) is 0 Å². The van der Waals surface area contributed by atoms with E-state index < -0.39 is 0 Å². The van der Waals surface area contributed by atoms with Crippen LogP contribution in [0.25, 0.3) is 5.57 Å². The SMILES string of the molecule is BrC/C=C1\c2ccccc2CSc2ccccc21. The number of alkyl halides is 1. The summed E-state index contributed by atoms with van der Waals surface area (Å²) in [5, 5.41) is 0.885. The Bertz CT molecular complexity index is 552. The van der Waals surface area contributed by atoms with Crippen molar-refractivity contribution in [1.29, 1.82) is 0 Å². The van der Waals surface area contributed by atoms with Crippen molar-refractivity contribution in [2.75, 3.05) is 5.33 Å². The van der Waals surface area contributed by atoms with E-state index in [1.54, 1.807) is 0 Å². The second kappa shape index (κ2) is 5.33. The highest BCUT2D eigenvalue weighted by Crippen LogP contribution is 2.39. The van der Waals surface area contributed by atoms with Crippen molar-refractivity contribution in [3.05, 3.63) is 71.3 Å². The van der Waals surface area contributed by atoms with Gasteiger partial charge >= 0.3 is 0 Å². The largest absolute Gasteiger partial charge is 0.121 e. The molecule has 1 aliphatic rings. The van der Waals surface area contributed by atoms with Crippen molar-refractivity contribution in [1.82, 2.24) is 0 Å². The maximum Gasteiger partial charge on any atom is 0.0238 e. The van der Waals surface area contributed by atoms with Gasteiger partial charge < -0.3 is 0 Å². The molecule has 0 N–H and O–H groups in total. The monoisotopic (exact) mass is 316 g/mol. The van der Waals surface area contributed by atoms with Gasteiger partial charge in [0.2, 0.25) is 0 Å². The molecule has 18 heavy (non-hydrogen) atoms. The van der Waals surface area contributed by atoms with Crippen LogP contribution in [0.4, 0.5) is 0 Å². The summed E-state index contributed by atoms with van der Waals surface area (Å²) in [6.45, 7) is 0. The van der Waals surface area contributed by atoms with Crippen molar-refractivity contribution in [3.8, 4) is 0 Å². The van der Waals surface area contributed by atoms with E-state index in [-0.39, 0.29) is 0 Å². The lowest BCUT2D eigenvalue weighted by Crippen LogP contribution is -1.91. The summed E-state index contributed by atoms with van der Waals surface area (Å²) in [6, 6.07) is 17.4.